The molecule has 0 aliphatic carbocycles. The quantitative estimate of drug-likeness (QED) is 0.734. The van der Waals surface area contributed by atoms with Crippen LogP contribution in [0.3, 0.4) is 0 Å². The molecule has 2 N–H and O–H groups in total. The van der Waals surface area contributed by atoms with E-state index in [4.69, 9.17) is 22.9 Å². The van der Waals surface area contributed by atoms with Crippen LogP contribution >= 0.6 is 12.2 Å². The molecule has 4 heteroatoms. The van der Waals surface area contributed by atoms with E-state index in [-0.39, 0.29) is 0 Å². The van der Waals surface area contributed by atoms with Gasteiger partial charge in [-0.05, 0) is 68.1 Å². The van der Waals surface area contributed by atoms with Crippen LogP contribution in [0.1, 0.15) is 22.3 Å². The summed E-state index contributed by atoms with van der Waals surface area (Å²) in [6, 6.07) is 10.7. The molecule has 23 heavy (non-hydrogen) atoms. The molecule has 0 saturated carbocycles. The number of imidazole rings is 1. The first kappa shape index (κ1) is 15.7. The Hall–Kier alpha value is -2.20. The van der Waals surface area contributed by atoms with E-state index in [1.165, 1.54) is 22.3 Å². The van der Waals surface area contributed by atoms with Crippen molar-refractivity contribution in [2.75, 3.05) is 0 Å². The summed E-state index contributed by atoms with van der Waals surface area (Å²) < 4.78 is 2.12. The first-order chi connectivity index (χ1) is 10.9. The predicted molar refractivity (Wildman–Crippen MR) is 101 cm³/mol. The van der Waals surface area contributed by atoms with E-state index < -0.39 is 0 Å². The SMILES string of the molecule is Cc1ccc(-c2nc3cc(C)c(C)cc3n2CC(N)=S)cc1C. The average Bonchev–Trinajstić information content (AvgIpc) is 2.80. The van der Waals surface area contributed by atoms with Crippen molar-refractivity contribution in [2.45, 2.75) is 34.2 Å². The number of nitrogens with two attached hydrogens (primary N) is 1. The van der Waals surface area contributed by atoms with Gasteiger partial charge in [0.15, 0.2) is 0 Å². The van der Waals surface area contributed by atoms with Gasteiger partial charge in [-0.1, -0.05) is 24.4 Å². The first-order valence-corrected chi connectivity index (χ1v) is 8.11. The number of rotatable bonds is 3. The van der Waals surface area contributed by atoms with E-state index in [1.807, 2.05) is 0 Å². The highest BCUT2D eigenvalue weighted by Gasteiger charge is 2.14. The van der Waals surface area contributed by atoms with Crippen molar-refractivity contribution in [2.24, 2.45) is 5.73 Å². The summed E-state index contributed by atoms with van der Waals surface area (Å²) in [5, 5.41) is 0. The van der Waals surface area contributed by atoms with Crippen LogP contribution in [0.5, 0.6) is 0 Å². The molecule has 0 spiro atoms. The molecule has 1 aromatic heterocycles. The van der Waals surface area contributed by atoms with Crippen molar-refractivity contribution in [3.05, 3.63) is 52.6 Å². The van der Waals surface area contributed by atoms with Gasteiger partial charge in [0.25, 0.3) is 0 Å². The Morgan fingerprint density at radius 2 is 1.65 bits per heavy atom. The van der Waals surface area contributed by atoms with Crippen LogP contribution in [0.15, 0.2) is 30.3 Å². The molecular weight excluding hydrogens is 302 g/mol. The van der Waals surface area contributed by atoms with Crippen molar-refractivity contribution >= 4 is 28.2 Å². The van der Waals surface area contributed by atoms with Crippen LogP contribution in [0.4, 0.5) is 0 Å². The fourth-order valence-electron chi connectivity index (χ4n) is 2.80. The molecule has 0 amide bonds. The van der Waals surface area contributed by atoms with Crippen molar-refractivity contribution in [3.63, 3.8) is 0 Å². The Morgan fingerprint density at radius 3 is 2.30 bits per heavy atom. The molecule has 1 heterocycles. The number of fused-ring (bicyclic) bond motifs is 1. The lowest BCUT2D eigenvalue weighted by Crippen LogP contribution is -2.17. The number of thiocarbonyl (C=S) groups is 1. The maximum absolute atomic E-state index is 5.83. The molecule has 0 unspecified atom stereocenters. The monoisotopic (exact) mass is 323 g/mol. The zero-order valence-corrected chi connectivity index (χ0v) is 14.8. The van der Waals surface area contributed by atoms with Gasteiger partial charge >= 0.3 is 0 Å². The lowest BCUT2D eigenvalue weighted by Gasteiger charge is -2.10. The van der Waals surface area contributed by atoms with Crippen molar-refractivity contribution in [3.8, 4) is 11.4 Å². The smallest absolute Gasteiger partial charge is 0.141 e. The molecule has 0 radical (unpaired) electrons. The van der Waals surface area contributed by atoms with Gasteiger partial charge in [0.2, 0.25) is 0 Å². The Kier molecular flexibility index (Phi) is 3.94. The Bertz CT molecular complexity index is 922. The number of hydrogen-bond donors (Lipinski definition) is 1. The van der Waals surface area contributed by atoms with E-state index in [1.54, 1.807) is 0 Å². The zero-order chi connectivity index (χ0) is 16.7. The van der Waals surface area contributed by atoms with Gasteiger partial charge in [-0.2, -0.15) is 0 Å². The summed E-state index contributed by atoms with van der Waals surface area (Å²) in [7, 11) is 0. The summed E-state index contributed by atoms with van der Waals surface area (Å²) in [4.78, 5) is 5.32. The van der Waals surface area contributed by atoms with Crippen LogP contribution in [-0.4, -0.2) is 14.5 Å². The molecule has 2 aromatic carbocycles. The summed E-state index contributed by atoms with van der Waals surface area (Å²) in [6.45, 7) is 8.95. The molecule has 0 fully saturated rings. The highest BCUT2D eigenvalue weighted by molar-refractivity contribution is 7.80. The highest BCUT2D eigenvalue weighted by Crippen LogP contribution is 2.28. The summed E-state index contributed by atoms with van der Waals surface area (Å²) in [5.74, 6) is 0.918. The molecular formula is C19H21N3S. The van der Waals surface area contributed by atoms with Crippen LogP contribution < -0.4 is 5.73 Å². The third kappa shape index (κ3) is 2.86. The zero-order valence-electron chi connectivity index (χ0n) is 14.0. The molecule has 118 valence electrons. The minimum Gasteiger partial charge on any atom is -0.392 e. The number of aryl methyl sites for hydroxylation is 4. The lowest BCUT2D eigenvalue weighted by molar-refractivity contribution is 0.894. The Labute approximate surface area is 142 Å². The normalized spacial score (nSPS) is 11.1. The maximum Gasteiger partial charge on any atom is 0.141 e. The van der Waals surface area contributed by atoms with Crippen molar-refractivity contribution in [1.82, 2.24) is 9.55 Å². The number of benzene rings is 2. The number of nitrogens with zero attached hydrogens (tertiary/aromatic N) is 2. The number of aromatic nitrogens is 2. The second kappa shape index (κ2) is 5.78. The average molecular weight is 323 g/mol. The molecule has 3 aromatic rings. The maximum atomic E-state index is 5.83. The van der Waals surface area contributed by atoms with E-state index in [2.05, 4.69) is 62.6 Å². The summed E-state index contributed by atoms with van der Waals surface area (Å²) in [6.07, 6.45) is 0. The standard InChI is InChI=1S/C19H21N3S/c1-11-5-6-15(7-12(11)2)19-21-16-8-13(3)14(4)9-17(16)22(19)10-18(20)23/h5-9H,10H2,1-4H3,(H2,20,23). The second-order valence-electron chi connectivity index (χ2n) is 6.21. The molecule has 3 nitrogen and oxygen atoms in total. The van der Waals surface area contributed by atoms with Gasteiger partial charge in [-0.25, -0.2) is 4.98 Å². The van der Waals surface area contributed by atoms with Crippen molar-refractivity contribution in [1.29, 1.82) is 0 Å². The van der Waals surface area contributed by atoms with Crippen LogP contribution in [0.25, 0.3) is 22.4 Å². The van der Waals surface area contributed by atoms with Crippen LogP contribution in [-0.2, 0) is 6.54 Å². The minimum atomic E-state index is 0.465. The summed E-state index contributed by atoms with van der Waals surface area (Å²) >= 11 is 5.15. The van der Waals surface area contributed by atoms with E-state index >= 15 is 0 Å². The largest absolute Gasteiger partial charge is 0.392 e. The van der Waals surface area contributed by atoms with Gasteiger partial charge in [0.05, 0.1) is 22.6 Å². The summed E-state index contributed by atoms with van der Waals surface area (Å²) in [5.41, 5.74) is 14.0. The topological polar surface area (TPSA) is 43.8 Å². The fourth-order valence-corrected chi connectivity index (χ4v) is 2.93. The van der Waals surface area contributed by atoms with Gasteiger partial charge in [-0.15, -0.1) is 0 Å². The molecule has 0 saturated heterocycles. The third-order valence-electron chi connectivity index (χ3n) is 4.44. The third-order valence-corrected chi connectivity index (χ3v) is 4.57. The Morgan fingerprint density at radius 1 is 1.00 bits per heavy atom. The van der Waals surface area contributed by atoms with Gasteiger partial charge in [-0.3, -0.25) is 0 Å². The highest BCUT2D eigenvalue weighted by atomic mass is 32.1. The van der Waals surface area contributed by atoms with E-state index in [9.17, 15) is 0 Å². The molecule has 0 atom stereocenters. The minimum absolute atomic E-state index is 0.465. The molecule has 0 aliphatic rings. The van der Waals surface area contributed by atoms with Gasteiger partial charge < -0.3 is 10.3 Å². The second-order valence-corrected chi connectivity index (χ2v) is 6.74. The van der Waals surface area contributed by atoms with E-state index in [0.717, 1.165) is 22.4 Å². The van der Waals surface area contributed by atoms with Gasteiger partial charge in [0.1, 0.15) is 5.82 Å². The van der Waals surface area contributed by atoms with Crippen LogP contribution in [0.2, 0.25) is 0 Å². The fraction of sp³-hybridized carbons (Fsp3) is 0.263. The lowest BCUT2D eigenvalue weighted by atomic mass is 10.1. The van der Waals surface area contributed by atoms with Crippen LogP contribution in [0, 0.1) is 27.7 Å². The van der Waals surface area contributed by atoms with Crippen molar-refractivity contribution < 1.29 is 0 Å². The number of hydrogen-bond acceptors (Lipinski definition) is 2. The predicted octanol–water partition coefficient (Wildman–Crippen LogP) is 4.22. The molecule has 0 bridgehead atoms. The molecule has 0 aliphatic heterocycles. The van der Waals surface area contributed by atoms with E-state index in [0.29, 0.717) is 11.5 Å². The first-order valence-electron chi connectivity index (χ1n) is 7.70. The van der Waals surface area contributed by atoms with Gasteiger partial charge in [0, 0.05) is 5.56 Å². The molecule has 3 rings (SSSR count). The Balaban J connectivity index is 2.29.